The fourth-order valence-corrected chi connectivity index (χ4v) is 5.56. The summed E-state index contributed by atoms with van der Waals surface area (Å²) in [6.07, 6.45) is 5.31. The van der Waals surface area contributed by atoms with Gasteiger partial charge in [-0.1, -0.05) is 37.5 Å². The average molecular weight is 374 g/mol. The number of rotatable bonds is 3. The highest BCUT2D eigenvalue weighted by Crippen LogP contribution is 2.43. The van der Waals surface area contributed by atoms with E-state index in [-0.39, 0.29) is 23.4 Å². The number of hydrogen-bond donors (Lipinski definition) is 2. The monoisotopic (exact) mass is 374 g/mol. The Hall–Kier alpha value is -2.35. The van der Waals surface area contributed by atoms with Crippen LogP contribution in [0.25, 0.3) is 11.3 Å². The number of hydrogen-bond acceptors (Lipinski definition) is 4. The zero-order valence-corrected chi connectivity index (χ0v) is 15.5. The number of carbonyl (C=O) groups excluding carboxylic acids is 1. The van der Waals surface area contributed by atoms with Gasteiger partial charge in [0.2, 0.25) is 5.91 Å². The number of anilines is 1. The molecule has 2 aromatic rings. The molecule has 1 aromatic carbocycles. The number of H-pyrrole nitrogens is 1. The van der Waals surface area contributed by atoms with Crippen molar-refractivity contribution >= 4 is 21.6 Å². The first-order valence-corrected chi connectivity index (χ1v) is 10.4. The van der Waals surface area contributed by atoms with Gasteiger partial charge >= 0.3 is 0 Å². The number of aromatic nitrogens is 2. The molecule has 0 atom stereocenters. The smallest absolute Gasteiger partial charge is 0.265 e. The van der Waals surface area contributed by atoms with Gasteiger partial charge in [-0.3, -0.25) is 14.2 Å². The average Bonchev–Trinajstić information content (AvgIpc) is 3.01. The number of benzene rings is 1. The van der Waals surface area contributed by atoms with Crippen molar-refractivity contribution in [3.05, 3.63) is 30.0 Å². The molecule has 4 rings (SSSR count). The van der Waals surface area contributed by atoms with E-state index in [0.717, 1.165) is 25.7 Å². The Balaban J connectivity index is 1.67. The van der Waals surface area contributed by atoms with Crippen LogP contribution in [0, 0.1) is 6.92 Å². The van der Waals surface area contributed by atoms with Crippen LogP contribution in [0.5, 0.6) is 0 Å². The molecule has 0 spiro atoms. The first-order valence-electron chi connectivity index (χ1n) is 8.95. The Bertz CT molecular complexity index is 945. The molecule has 1 aliphatic heterocycles. The van der Waals surface area contributed by atoms with Crippen molar-refractivity contribution in [1.82, 2.24) is 15.5 Å². The summed E-state index contributed by atoms with van der Waals surface area (Å²) in [5.74, 6) is -0.272. The topological polar surface area (TPSA) is 95.2 Å². The third-order valence-corrected chi connectivity index (χ3v) is 6.95. The molecule has 2 N–H and O–H groups in total. The van der Waals surface area contributed by atoms with E-state index in [1.165, 1.54) is 10.7 Å². The third-order valence-electron chi connectivity index (χ3n) is 5.15. The predicted octanol–water partition coefficient (Wildman–Crippen LogP) is 2.34. The first kappa shape index (κ1) is 17.1. The molecule has 0 bridgehead atoms. The third kappa shape index (κ3) is 2.78. The largest absolute Gasteiger partial charge is 0.352 e. The van der Waals surface area contributed by atoms with E-state index in [2.05, 4.69) is 15.5 Å². The first-order chi connectivity index (χ1) is 12.5. The van der Waals surface area contributed by atoms with Crippen LogP contribution in [0.1, 0.15) is 37.8 Å². The molecule has 2 aliphatic rings. The van der Waals surface area contributed by atoms with Crippen molar-refractivity contribution in [3.63, 3.8) is 0 Å². The van der Waals surface area contributed by atoms with Crippen LogP contribution in [0.15, 0.2) is 29.2 Å². The van der Waals surface area contributed by atoms with Crippen molar-refractivity contribution < 1.29 is 13.2 Å². The van der Waals surface area contributed by atoms with Gasteiger partial charge in [0.25, 0.3) is 10.0 Å². The molecule has 0 radical (unpaired) electrons. The molecular weight excluding hydrogens is 352 g/mol. The van der Waals surface area contributed by atoms with Crippen molar-refractivity contribution in [3.8, 4) is 11.3 Å². The molecule has 1 aromatic heterocycles. The maximum atomic E-state index is 13.1. The number of carbonyl (C=O) groups is 1. The van der Waals surface area contributed by atoms with E-state index < -0.39 is 10.0 Å². The molecule has 1 fully saturated rings. The van der Waals surface area contributed by atoms with Gasteiger partial charge in [0.1, 0.15) is 12.2 Å². The molecule has 2 heterocycles. The second kappa shape index (κ2) is 6.42. The molecular formula is C18H22N4O3S. The summed E-state index contributed by atoms with van der Waals surface area (Å²) in [6, 6.07) is 6.93. The Labute approximate surface area is 152 Å². The van der Waals surface area contributed by atoms with E-state index in [9.17, 15) is 13.2 Å². The minimum absolute atomic E-state index is 0.140. The number of nitrogens with zero attached hydrogens (tertiary/aromatic N) is 2. The zero-order valence-electron chi connectivity index (χ0n) is 14.7. The summed E-state index contributed by atoms with van der Waals surface area (Å²) in [4.78, 5) is 12.8. The molecule has 0 saturated heterocycles. The van der Waals surface area contributed by atoms with Crippen LogP contribution >= 0.6 is 0 Å². The van der Waals surface area contributed by atoms with Crippen LogP contribution < -0.4 is 9.62 Å². The fourth-order valence-electron chi connectivity index (χ4n) is 3.87. The molecule has 7 nitrogen and oxygen atoms in total. The highest BCUT2D eigenvalue weighted by atomic mass is 32.2. The van der Waals surface area contributed by atoms with Crippen LogP contribution in [-0.2, 0) is 14.8 Å². The fraction of sp³-hybridized carbons (Fsp3) is 0.444. The predicted molar refractivity (Wildman–Crippen MR) is 98.3 cm³/mol. The second-order valence-corrected chi connectivity index (χ2v) is 8.77. The lowest BCUT2D eigenvalue weighted by atomic mass is 9.95. The Kier molecular flexibility index (Phi) is 4.22. The maximum absolute atomic E-state index is 13.1. The Morgan fingerprint density at radius 3 is 2.77 bits per heavy atom. The Morgan fingerprint density at radius 1 is 1.27 bits per heavy atom. The molecule has 8 heteroatoms. The Morgan fingerprint density at radius 2 is 2.00 bits per heavy atom. The summed E-state index contributed by atoms with van der Waals surface area (Å²) < 4.78 is 27.5. The second-order valence-electron chi connectivity index (χ2n) is 6.94. The SMILES string of the molecule is Cc1n[nH]c2c1N(CC(=O)NC1CCCCC1)S(=O)(=O)c1ccccc1-2. The minimum atomic E-state index is -3.81. The van der Waals surface area contributed by atoms with Gasteiger partial charge in [-0.2, -0.15) is 5.10 Å². The van der Waals surface area contributed by atoms with E-state index >= 15 is 0 Å². The number of aromatic amines is 1. The van der Waals surface area contributed by atoms with Crippen LogP contribution in [0.2, 0.25) is 0 Å². The number of fused-ring (bicyclic) bond motifs is 3. The summed E-state index contributed by atoms with van der Waals surface area (Å²) in [5.41, 5.74) is 2.25. The van der Waals surface area contributed by atoms with Crippen molar-refractivity contribution in [2.75, 3.05) is 10.8 Å². The summed E-state index contributed by atoms with van der Waals surface area (Å²) >= 11 is 0. The maximum Gasteiger partial charge on any atom is 0.265 e. The van der Waals surface area contributed by atoms with E-state index in [0.29, 0.717) is 22.6 Å². The van der Waals surface area contributed by atoms with Gasteiger partial charge in [-0.15, -0.1) is 0 Å². The highest BCUT2D eigenvalue weighted by molar-refractivity contribution is 7.93. The van der Waals surface area contributed by atoms with E-state index in [4.69, 9.17) is 0 Å². The molecule has 0 unspecified atom stereocenters. The standard InChI is InChI=1S/C18H22N4O3S/c1-12-18-17(21-20-12)14-9-5-6-10-15(14)26(24,25)22(18)11-16(23)19-13-7-3-2-4-8-13/h5-6,9-10,13H,2-4,7-8,11H2,1H3,(H,19,23)(H,20,21). The van der Waals surface area contributed by atoms with Crippen LogP contribution in [0.3, 0.4) is 0 Å². The normalized spacial score (nSPS) is 18.9. The number of aryl methyl sites for hydroxylation is 1. The number of sulfonamides is 1. The summed E-state index contributed by atoms with van der Waals surface area (Å²) in [5, 5.41) is 10.1. The summed E-state index contributed by atoms with van der Waals surface area (Å²) in [7, 11) is -3.81. The van der Waals surface area contributed by atoms with Crippen LogP contribution in [-0.4, -0.2) is 37.1 Å². The van der Waals surface area contributed by atoms with Crippen LogP contribution in [0.4, 0.5) is 5.69 Å². The van der Waals surface area contributed by atoms with Gasteiger partial charge in [0.15, 0.2) is 0 Å². The lowest BCUT2D eigenvalue weighted by Crippen LogP contribution is -2.46. The highest BCUT2D eigenvalue weighted by Gasteiger charge is 2.38. The lowest BCUT2D eigenvalue weighted by Gasteiger charge is -2.30. The van der Waals surface area contributed by atoms with Gasteiger partial charge in [-0.25, -0.2) is 8.42 Å². The van der Waals surface area contributed by atoms with Crippen molar-refractivity contribution in [2.45, 2.75) is 50.0 Å². The van der Waals surface area contributed by atoms with E-state index in [1.807, 2.05) is 0 Å². The quantitative estimate of drug-likeness (QED) is 0.862. The molecule has 138 valence electrons. The number of amides is 1. The lowest BCUT2D eigenvalue weighted by molar-refractivity contribution is -0.120. The van der Waals surface area contributed by atoms with Gasteiger partial charge < -0.3 is 5.32 Å². The molecule has 26 heavy (non-hydrogen) atoms. The van der Waals surface area contributed by atoms with Gasteiger partial charge in [-0.05, 0) is 25.8 Å². The van der Waals surface area contributed by atoms with Gasteiger partial charge in [0.05, 0.1) is 16.3 Å². The molecule has 1 saturated carbocycles. The molecule has 1 aliphatic carbocycles. The zero-order chi connectivity index (χ0) is 18.3. The minimum Gasteiger partial charge on any atom is -0.352 e. The van der Waals surface area contributed by atoms with E-state index in [1.54, 1.807) is 31.2 Å². The number of nitrogens with one attached hydrogen (secondary N) is 2. The van der Waals surface area contributed by atoms with Gasteiger partial charge in [0, 0.05) is 11.6 Å². The van der Waals surface area contributed by atoms with Crippen molar-refractivity contribution in [2.24, 2.45) is 0 Å². The van der Waals surface area contributed by atoms with Crippen molar-refractivity contribution in [1.29, 1.82) is 0 Å². The summed E-state index contributed by atoms with van der Waals surface area (Å²) in [6.45, 7) is 1.51. The molecule has 1 amide bonds.